The number of hydrogen-bond acceptors (Lipinski definition) is 4. The van der Waals surface area contributed by atoms with Gasteiger partial charge in [0, 0.05) is 25.7 Å². The van der Waals surface area contributed by atoms with Crippen molar-refractivity contribution in [1.82, 2.24) is 10.2 Å². The van der Waals surface area contributed by atoms with Gasteiger partial charge < -0.3 is 19.7 Å². The van der Waals surface area contributed by atoms with E-state index in [0.29, 0.717) is 17.5 Å². The first-order valence-corrected chi connectivity index (χ1v) is 10.6. The summed E-state index contributed by atoms with van der Waals surface area (Å²) in [4.78, 5) is 14.1. The van der Waals surface area contributed by atoms with Gasteiger partial charge in [-0.25, -0.2) is 0 Å². The van der Waals surface area contributed by atoms with Crippen LogP contribution < -0.4 is 14.8 Å². The molecular weight excluding hydrogens is 364 g/mol. The predicted octanol–water partition coefficient (Wildman–Crippen LogP) is 3.86. The van der Waals surface area contributed by atoms with Crippen molar-refractivity contribution in [1.29, 1.82) is 0 Å². The smallest absolute Gasteiger partial charge is 0.260 e. The summed E-state index contributed by atoms with van der Waals surface area (Å²) < 4.78 is 11.3. The molecule has 1 N–H and O–H groups in total. The van der Waals surface area contributed by atoms with Crippen LogP contribution in [0.4, 0.5) is 0 Å². The van der Waals surface area contributed by atoms with Gasteiger partial charge in [0.2, 0.25) is 0 Å². The number of likely N-dealkylation sites (tertiary alicyclic amines) is 1. The summed E-state index contributed by atoms with van der Waals surface area (Å²) in [6.45, 7) is 2.51. The van der Waals surface area contributed by atoms with Crippen molar-refractivity contribution in [3.8, 4) is 11.5 Å². The lowest BCUT2D eigenvalue weighted by atomic mass is 9.87. The van der Waals surface area contributed by atoms with Gasteiger partial charge in [-0.05, 0) is 60.9 Å². The molecule has 0 radical (unpaired) electrons. The number of hydrogen-bond donors (Lipinski definition) is 1. The fourth-order valence-corrected chi connectivity index (χ4v) is 4.35. The Morgan fingerprint density at radius 1 is 1.10 bits per heavy atom. The molecule has 1 saturated heterocycles. The van der Waals surface area contributed by atoms with Crippen LogP contribution in [0.5, 0.6) is 11.5 Å². The zero-order valence-corrected chi connectivity index (χ0v) is 17.2. The standard InChI is InChI=1S/C24H30N2O3/c1-28-23-15-18(11-12-22(23)29-17-24(27)26-13-4-5-14-26)16-25-21-10-6-8-19-7-2-3-9-20(19)21/h2-3,7,9,11-12,15,21,25H,4-6,8,10,13-14,16-17H2,1H3. The zero-order chi connectivity index (χ0) is 20.1. The van der Waals surface area contributed by atoms with Crippen LogP contribution in [0.3, 0.4) is 0 Å². The first-order chi connectivity index (χ1) is 14.2. The number of fused-ring (bicyclic) bond motifs is 1. The SMILES string of the molecule is COc1cc(CNC2CCCc3ccccc32)ccc1OCC(=O)N1CCCC1. The van der Waals surface area contributed by atoms with Gasteiger partial charge in [0.1, 0.15) is 0 Å². The van der Waals surface area contributed by atoms with Gasteiger partial charge in [-0.1, -0.05) is 30.3 Å². The Kier molecular flexibility index (Phi) is 6.35. The fraction of sp³-hybridized carbons (Fsp3) is 0.458. The van der Waals surface area contributed by atoms with E-state index in [0.717, 1.165) is 44.5 Å². The number of amides is 1. The molecule has 1 fully saturated rings. The predicted molar refractivity (Wildman–Crippen MR) is 113 cm³/mol. The van der Waals surface area contributed by atoms with Gasteiger partial charge >= 0.3 is 0 Å². The van der Waals surface area contributed by atoms with E-state index in [9.17, 15) is 4.79 Å². The average molecular weight is 395 g/mol. The molecule has 1 atom stereocenters. The Bertz CT molecular complexity index is 846. The Morgan fingerprint density at radius 3 is 2.76 bits per heavy atom. The molecule has 4 rings (SSSR count). The van der Waals surface area contributed by atoms with E-state index in [2.05, 4.69) is 29.6 Å². The highest BCUT2D eigenvalue weighted by molar-refractivity contribution is 5.78. The topological polar surface area (TPSA) is 50.8 Å². The normalized spacial score (nSPS) is 18.4. The van der Waals surface area contributed by atoms with Crippen molar-refractivity contribution in [2.24, 2.45) is 0 Å². The number of ether oxygens (including phenoxy) is 2. The van der Waals surface area contributed by atoms with Crippen molar-refractivity contribution in [2.45, 2.75) is 44.7 Å². The number of nitrogens with zero attached hydrogens (tertiary/aromatic N) is 1. The quantitative estimate of drug-likeness (QED) is 0.775. The van der Waals surface area contributed by atoms with Crippen molar-refractivity contribution in [3.05, 3.63) is 59.2 Å². The van der Waals surface area contributed by atoms with Gasteiger partial charge in [-0.2, -0.15) is 0 Å². The van der Waals surface area contributed by atoms with E-state index >= 15 is 0 Å². The van der Waals surface area contributed by atoms with Crippen LogP contribution in [0, 0.1) is 0 Å². The molecule has 2 aliphatic rings. The van der Waals surface area contributed by atoms with E-state index in [1.165, 1.54) is 24.0 Å². The summed E-state index contributed by atoms with van der Waals surface area (Å²) >= 11 is 0. The fourth-order valence-electron chi connectivity index (χ4n) is 4.35. The van der Waals surface area contributed by atoms with E-state index in [4.69, 9.17) is 9.47 Å². The number of nitrogens with one attached hydrogen (secondary N) is 1. The zero-order valence-electron chi connectivity index (χ0n) is 17.2. The van der Waals surface area contributed by atoms with Crippen molar-refractivity contribution < 1.29 is 14.3 Å². The van der Waals surface area contributed by atoms with Crippen LogP contribution in [-0.2, 0) is 17.8 Å². The molecule has 2 aromatic carbocycles. The minimum absolute atomic E-state index is 0.0475. The Hall–Kier alpha value is -2.53. The second kappa shape index (κ2) is 9.31. The second-order valence-electron chi connectivity index (χ2n) is 7.89. The first-order valence-electron chi connectivity index (χ1n) is 10.6. The first kappa shape index (κ1) is 19.8. The second-order valence-corrected chi connectivity index (χ2v) is 7.89. The van der Waals surface area contributed by atoms with E-state index < -0.39 is 0 Å². The van der Waals surface area contributed by atoms with Crippen LogP contribution in [0.25, 0.3) is 0 Å². The van der Waals surface area contributed by atoms with Gasteiger partial charge in [0.05, 0.1) is 7.11 Å². The van der Waals surface area contributed by atoms with Crippen LogP contribution in [0.15, 0.2) is 42.5 Å². The maximum absolute atomic E-state index is 12.2. The monoisotopic (exact) mass is 394 g/mol. The molecule has 1 amide bonds. The lowest BCUT2D eigenvalue weighted by Gasteiger charge is -2.26. The van der Waals surface area contributed by atoms with Crippen LogP contribution >= 0.6 is 0 Å². The molecule has 5 nitrogen and oxygen atoms in total. The third-order valence-corrected chi connectivity index (χ3v) is 5.96. The Balaban J connectivity index is 1.36. The summed E-state index contributed by atoms with van der Waals surface area (Å²) in [6.07, 6.45) is 5.72. The Morgan fingerprint density at radius 2 is 1.93 bits per heavy atom. The summed E-state index contributed by atoms with van der Waals surface area (Å²) in [6, 6.07) is 15.1. The van der Waals surface area contributed by atoms with Gasteiger partial charge in [-0.3, -0.25) is 4.79 Å². The molecule has 1 aliphatic carbocycles. The molecule has 2 aromatic rings. The summed E-state index contributed by atoms with van der Waals surface area (Å²) in [5.74, 6) is 1.33. The van der Waals surface area contributed by atoms with Gasteiger partial charge in [-0.15, -0.1) is 0 Å². The lowest BCUT2D eigenvalue weighted by Crippen LogP contribution is -2.32. The molecule has 154 valence electrons. The van der Waals surface area contributed by atoms with Crippen molar-refractivity contribution in [3.63, 3.8) is 0 Å². The molecule has 1 unspecified atom stereocenters. The van der Waals surface area contributed by atoms with Crippen LogP contribution in [-0.4, -0.2) is 37.6 Å². The molecule has 5 heteroatoms. The third-order valence-electron chi connectivity index (χ3n) is 5.96. The highest BCUT2D eigenvalue weighted by Gasteiger charge is 2.20. The Labute approximate surface area is 173 Å². The van der Waals surface area contributed by atoms with E-state index in [-0.39, 0.29) is 12.5 Å². The van der Waals surface area contributed by atoms with E-state index in [1.54, 1.807) is 7.11 Å². The molecule has 0 saturated carbocycles. The maximum Gasteiger partial charge on any atom is 0.260 e. The molecule has 1 heterocycles. The van der Waals surface area contributed by atoms with E-state index in [1.807, 2.05) is 23.1 Å². The number of benzene rings is 2. The minimum atomic E-state index is 0.0475. The number of aryl methyl sites for hydroxylation is 1. The summed E-state index contributed by atoms with van der Waals surface area (Å²) in [5, 5.41) is 3.70. The van der Waals surface area contributed by atoms with Crippen molar-refractivity contribution >= 4 is 5.91 Å². The molecule has 29 heavy (non-hydrogen) atoms. The van der Waals surface area contributed by atoms with Gasteiger partial charge in [0.25, 0.3) is 5.91 Å². The average Bonchev–Trinajstić information content (AvgIpc) is 3.31. The molecule has 0 spiro atoms. The highest BCUT2D eigenvalue weighted by atomic mass is 16.5. The number of carbonyl (C=O) groups is 1. The third kappa shape index (κ3) is 4.73. The number of rotatable bonds is 7. The number of carbonyl (C=O) groups excluding carboxylic acids is 1. The highest BCUT2D eigenvalue weighted by Crippen LogP contribution is 2.31. The molecular formula is C24H30N2O3. The maximum atomic E-state index is 12.2. The summed E-state index contributed by atoms with van der Waals surface area (Å²) in [5.41, 5.74) is 4.02. The molecule has 0 bridgehead atoms. The minimum Gasteiger partial charge on any atom is -0.493 e. The lowest BCUT2D eigenvalue weighted by molar-refractivity contribution is -0.132. The molecule has 1 aliphatic heterocycles. The van der Waals surface area contributed by atoms with Crippen LogP contribution in [0.2, 0.25) is 0 Å². The van der Waals surface area contributed by atoms with Crippen molar-refractivity contribution in [2.75, 3.05) is 26.8 Å². The number of methoxy groups -OCH3 is 1. The summed E-state index contributed by atoms with van der Waals surface area (Å²) in [7, 11) is 1.64. The van der Waals surface area contributed by atoms with Gasteiger partial charge in [0.15, 0.2) is 18.1 Å². The largest absolute Gasteiger partial charge is 0.493 e. The van der Waals surface area contributed by atoms with Crippen LogP contribution in [0.1, 0.15) is 48.4 Å². The molecule has 0 aromatic heterocycles.